The molecule has 0 aliphatic carbocycles. The van der Waals surface area contributed by atoms with Crippen LogP contribution in [0, 0.1) is 5.82 Å². The third-order valence-electron chi connectivity index (χ3n) is 3.71. The number of allylic oxidation sites excluding steroid dienone is 1. The molecule has 0 N–H and O–H groups in total. The van der Waals surface area contributed by atoms with E-state index in [1.807, 2.05) is 0 Å². The first-order valence-corrected chi connectivity index (χ1v) is 7.24. The third kappa shape index (κ3) is 3.45. The molecule has 1 aliphatic heterocycles. The van der Waals surface area contributed by atoms with Gasteiger partial charge in [0.2, 0.25) is 12.3 Å². The number of ether oxygens (including phenoxy) is 1. The van der Waals surface area contributed by atoms with Crippen molar-refractivity contribution in [2.24, 2.45) is 0 Å². The summed E-state index contributed by atoms with van der Waals surface area (Å²) in [7, 11) is 0. The van der Waals surface area contributed by atoms with E-state index in [1.165, 1.54) is 24.6 Å². The number of amides is 1. The molecule has 6 nitrogen and oxygen atoms in total. The molecule has 1 aromatic carbocycles. The van der Waals surface area contributed by atoms with Crippen molar-refractivity contribution in [3.05, 3.63) is 53.9 Å². The fourth-order valence-corrected chi connectivity index (χ4v) is 2.49. The number of nitrogens with zero attached hydrogens (tertiary/aromatic N) is 3. The average molecular weight is 317 g/mol. The van der Waals surface area contributed by atoms with E-state index in [2.05, 4.69) is 10.1 Å². The lowest BCUT2D eigenvalue weighted by Gasteiger charge is -2.33. The van der Waals surface area contributed by atoms with E-state index in [0.29, 0.717) is 36.7 Å². The molecule has 7 heteroatoms. The maximum Gasteiger partial charge on any atom is 0.247 e. The number of carbonyl (C=O) groups is 1. The van der Waals surface area contributed by atoms with E-state index in [4.69, 9.17) is 9.26 Å². The van der Waals surface area contributed by atoms with Gasteiger partial charge in [-0.25, -0.2) is 4.39 Å². The minimum Gasteiger partial charge on any atom is -0.377 e. The van der Waals surface area contributed by atoms with E-state index in [0.717, 1.165) is 0 Å². The van der Waals surface area contributed by atoms with Gasteiger partial charge in [0, 0.05) is 12.6 Å². The fourth-order valence-electron chi connectivity index (χ4n) is 2.49. The molecule has 1 saturated heterocycles. The van der Waals surface area contributed by atoms with Crippen LogP contribution in [0.5, 0.6) is 0 Å². The molecular formula is C16H16FN3O3. The molecule has 23 heavy (non-hydrogen) atoms. The number of halogens is 1. The van der Waals surface area contributed by atoms with Crippen molar-refractivity contribution in [2.75, 3.05) is 19.8 Å². The summed E-state index contributed by atoms with van der Waals surface area (Å²) in [5.41, 5.74) is 1.36. The van der Waals surface area contributed by atoms with Crippen LogP contribution in [0.4, 0.5) is 4.39 Å². The van der Waals surface area contributed by atoms with Crippen molar-refractivity contribution in [3.63, 3.8) is 0 Å². The average Bonchev–Trinajstić information content (AvgIpc) is 3.09. The summed E-state index contributed by atoms with van der Waals surface area (Å²) < 4.78 is 23.5. The molecule has 1 amide bonds. The Kier molecular flexibility index (Phi) is 4.47. The zero-order valence-electron chi connectivity index (χ0n) is 12.6. The number of morpholine rings is 1. The number of carbonyl (C=O) groups excluding carboxylic acids is 1. The fraction of sp³-hybridized carbons (Fsp3) is 0.312. The molecule has 3 rings (SSSR count). The maximum absolute atomic E-state index is 13.3. The minimum atomic E-state index is -0.383. The summed E-state index contributed by atoms with van der Waals surface area (Å²) in [5, 5.41) is 3.79. The smallest absolute Gasteiger partial charge is 0.247 e. The van der Waals surface area contributed by atoms with Crippen LogP contribution < -0.4 is 0 Å². The summed E-state index contributed by atoms with van der Waals surface area (Å²) in [6.07, 6.45) is 2.72. The van der Waals surface area contributed by atoms with E-state index in [9.17, 15) is 9.18 Å². The lowest BCUT2D eigenvalue weighted by atomic mass is 10.1. The van der Waals surface area contributed by atoms with Gasteiger partial charge in [-0.1, -0.05) is 17.3 Å². The molecule has 2 heterocycles. The van der Waals surface area contributed by atoms with E-state index in [1.54, 1.807) is 24.0 Å². The second-order valence-corrected chi connectivity index (χ2v) is 5.25. The van der Waals surface area contributed by atoms with Crippen molar-refractivity contribution in [3.8, 4) is 0 Å². The predicted octanol–water partition coefficient (Wildman–Crippen LogP) is 2.21. The second-order valence-electron chi connectivity index (χ2n) is 5.25. The SMILES string of the molecule is CC(=CC(=O)N1CCOCC1c1ncon1)c1cccc(F)c1. The molecule has 1 fully saturated rings. The van der Waals surface area contributed by atoms with Crippen LogP contribution in [-0.2, 0) is 9.53 Å². The van der Waals surface area contributed by atoms with E-state index in [-0.39, 0.29) is 17.8 Å². The Morgan fingerprint density at radius 2 is 2.35 bits per heavy atom. The molecule has 1 unspecified atom stereocenters. The highest BCUT2D eigenvalue weighted by Gasteiger charge is 2.30. The Hall–Kier alpha value is -2.54. The molecule has 1 aliphatic rings. The second kappa shape index (κ2) is 6.70. The number of hydrogen-bond donors (Lipinski definition) is 0. The highest BCUT2D eigenvalue weighted by Crippen LogP contribution is 2.23. The van der Waals surface area contributed by atoms with Gasteiger partial charge in [-0.3, -0.25) is 4.79 Å². The highest BCUT2D eigenvalue weighted by atomic mass is 19.1. The van der Waals surface area contributed by atoms with Crippen LogP contribution in [0.15, 0.2) is 41.3 Å². The van der Waals surface area contributed by atoms with Crippen LogP contribution in [0.3, 0.4) is 0 Å². The molecule has 1 atom stereocenters. The summed E-state index contributed by atoms with van der Waals surface area (Å²) in [6.45, 7) is 2.98. The predicted molar refractivity (Wildman–Crippen MR) is 79.6 cm³/mol. The zero-order valence-corrected chi connectivity index (χ0v) is 12.6. The molecular weight excluding hydrogens is 301 g/mol. The van der Waals surface area contributed by atoms with Gasteiger partial charge in [0.05, 0.1) is 13.2 Å². The quantitative estimate of drug-likeness (QED) is 0.812. The first-order chi connectivity index (χ1) is 11.1. The molecule has 2 aromatic rings. The van der Waals surface area contributed by atoms with Gasteiger partial charge >= 0.3 is 0 Å². The lowest BCUT2D eigenvalue weighted by Crippen LogP contribution is -2.43. The van der Waals surface area contributed by atoms with Gasteiger partial charge in [-0.2, -0.15) is 4.98 Å². The molecule has 0 spiro atoms. The summed E-state index contributed by atoms with van der Waals surface area (Å²) >= 11 is 0. The molecule has 0 radical (unpaired) electrons. The van der Waals surface area contributed by atoms with Crippen LogP contribution in [-0.4, -0.2) is 40.7 Å². The normalized spacial score (nSPS) is 19.0. The monoisotopic (exact) mass is 317 g/mol. The lowest BCUT2D eigenvalue weighted by molar-refractivity contribution is -0.135. The van der Waals surface area contributed by atoms with E-state index >= 15 is 0 Å². The van der Waals surface area contributed by atoms with E-state index < -0.39 is 0 Å². The number of hydrogen-bond acceptors (Lipinski definition) is 5. The van der Waals surface area contributed by atoms with Gasteiger partial charge in [-0.05, 0) is 30.2 Å². The van der Waals surface area contributed by atoms with Gasteiger partial charge < -0.3 is 14.2 Å². The maximum atomic E-state index is 13.3. The first-order valence-electron chi connectivity index (χ1n) is 7.24. The zero-order chi connectivity index (χ0) is 16.2. The van der Waals surface area contributed by atoms with Gasteiger partial charge in [0.1, 0.15) is 11.9 Å². The van der Waals surface area contributed by atoms with Crippen molar-refractivity contribution in [1.29, 1.82) is 0 Å². The number of rotatable bonds is 3. The molecule has 120 valence electrons. The van der Waals surface area contributed by atoms with Gasteiger partial charge in [0.25, 0.3) is 0 Å². The molecule has 0 saturated carbocycles. The van der Waals surface area contributed by atoms with Crippen LogP contribution in [0.25, 0.3) is 5.57 Å². The highest BCUT2D eigenvalue weighted by molar-refractivity contribution is 5.95. The van der Waals surface area contributed by atoms with Crippen molar-refractivity contribution in [1.82, 2.24) is 15.0 Å². The summed E-state index contributed by atoms with van der Waals surface area (Å²) in [6, 6.07) is 5.76. The summed E-state index contributed by atoms with van der Waals surface area (Å²) in [5.74, 6) is -0.113. The van der Waals surface area contributed by atoms with Crippen molar-refractivity contribution in [2.45, 2.75) is 13.0 Å². The third-order valence-corrected chi connectivity index (χ3v) is 3.71. The Morgan fingerprint density at radius 3 is 3.09 bits per heavy atom. The van der Waals surface area contributed by atoms with Crippen LogP contribution in [0.1, 0.15) is 24.4 Å². The largest absolute Gasteiger partial charge is 0.377 e. The first kappa shape index (κ1) is 15.4. The standard InChI is InChI=1S/C16H16FN3O3/c1-11(12-3-2-4-13(17)8-12)7-15(21)20-5-6-22-9-14(20)16-18-10-23-19-16/h2-4,7-8,10,14H,5-6,9H2,1H3. The molecule has 0 bridgehead atoms. The molecule has 1 aromatic heterocycles. The number of aromatic nitrogens is 2. The van der Waals surface area contributed by atoms with Crippen molar-refractivity contribution >= 4 is 11.5 Å². The Bertz CT molecular complexity index is 715. The topological polar surface area (TPSA) is 68.5 Å². The minimum absolute atomic E-state index is 0.190. The Morgan fingerprint density at radius 1 is 1.48 bits per heavy atom. The van der Waals surface area contributed by atoms with Crippen LogP contribution >= 0.6 is 0 Å². The Labute approximate surface area is 132 Å². The van der Waals surface area contributed by atoms with Crippen LogP contribution in [0.2, 0.25) is 0 Å². The van der Waals surface area contributed by atoms with Crippen molar-refractivity contribution < 1.29 is 18.4 Å². The van der Waals surface area contributed by atoms with Gasteiger partial charge in [0.15, 0.2) is 5.82 Å². The van der Waals surface area contributed by atoms with Gasteiger partial charge in [-0.15, -0.1) is 0 Å². The Balaban J connectivity index is 1.81. The number of benzene rings is 1. The summed E-state index contributed by atoms with van der Waals surface area (Å²) in [4.78, 5) is 18.2.